The summed E-state index contributed by atoms with van der Waals surface area (Å²) < 4.78 is 47.8. The number of hydrogen-bond acceptors (Lipinski definition) is 5. The maximum Gasteiger partial charge on any atom is 0.324 e. The minimum atomic E-state index is -3.52. The van der Waals surface area contributed by atoms with Gasteiger partial charge in [0, 0.05) is 6.54 Å². The van der Waals surface area contributed by atoms with Crippen molar-refractivity contribution >= 4 is 22.0 Å². The molecule has 1 atom stereocenters. The summed E-state index contributed by atoms with van der Waals surface area (Å²) in [7, 11) is -3.52. The number of carbonyl (C=O) groups is 2. The third kappa shape index (κ3) is 5.40. The molecule has 2 N–H and O–H groups in total. The van der Waals surface area contributed by atoms with Gasteiger partial charge < -0.3 is 9.64 Å². The molecule has 10 heteroatoms. The highest BCUT2D eigenvalue weighted by molar-refractivity contribution is 7.89. The molecule has 8 nitrogen and oxygen atoms in total. The number of unbranched alkanes of at least 4 members (excludes halogenated alkanes) is 2. The number of nitrogens with zero attached hydrogens (tertiary/aromatic N) is 1. The highest BCUT2D eigenvalue weighted by Crippen LogP contribution is 2.47. The molecule has 2 saturated carbocycles. The molecule has 2 aliphatic carbocycles. The maximum absolute atomic E-state index is 14.1. The second-order valence-electron chi connectivity index (χ2n) is 9.13. The van der Waals surface area contributed by atoms with E-state index in [-0.39, 0.29) is 17.4 Å². The highest BCUT2D eigenvalue weighted by Gasteiger charge is 2.47. The SMILES string of the molecule is CC1C(=O)NC(=O)N1CCCCCS(=O)(=O)NC1(c2ccc(F)c(OCC3CC3)c2)CC1. The number of rotatable bonds is 12. The summed E-state index contributed by atoms with van der Waals surface area (Å²) >= 11 is 0. The zero-order valence-electron chi connectivity index (χ0n) is 18.2. The van der Waals surface area contributed by atoms with Crippen LogP contribution >= 0.6 is 0 Å². The summed E-state index contributed by atoms with van der Waals surface area (Å²) in [5, 5.41) is 2.26. The normalized spacial score (nSPS) is 22.2. The Balaban J connectivity index is 1.26. The number of nitrogens with one attached hydrogen (secondary N) is 2. The van der Waals surface area contributed by atoms with E-state index in [1.54, 1.807) is 19.1 Å². The van der Waals surface area contributed by atoms with E-state index < -0.39 is 33.5 Å². The Hall–Kier alpha value is -2.20. The molecule has 3 aliphatic rings. The number of urea groups is 1. The van der Waals surface area contributed by atoms with Gasteiger partial charge >= 0.3 is 6.03 Å². The second-order valence-corrected chi connectivity index (χ2v) is 11.0. The van der Waals surface area contributed by atoms with Crippen LogP contribution in [-0.4, -0.2) is 50.2 Å². The Bertz CT molecular complexity index is 991. The van der Waals surface area contributed by atoms with E-state index in [9.17, 15) is 22.4 Å². The number of amides is 3. The van der Waals surface area contributed by atoms with Crippen LogP contribution in [0.15, 0.2) is 18.2 Å². The lowest BCUT2D eigenvalue weighted by Gasteiger charge is -2.20. The van der Waals surface area contributed by atoms with Crippen LogP contribution < -0.4 is 14.8 Å². The van der Waals surface area contributed by atoms with E-state index in [1.165, 1.54) is 11.0 Å². The molecule has 1 aromatic carbocycles. The lowest BCUT2D eigenvalue weighted by Crippen LogP contribution is -2.36. The average Bonchev–Trinajstić information content (AvgIpc) is 3.65. The predicted octanol–water partition coefficient (Wildman–Crippen LogP) is 2.63. The van der Waals surface area contributed by atoms with Crippen molar-refractivity contribution in [2.75, 3.05) is 18.9 Å². The zero-order valence-corrected chi connectivity index (χ0v) is 19.0. The topological polar surface area (TPSA) is 105 Å². The molecule has 1 saturated heterocycles. The second kappa shape index (κ2) is 8.97. The first-order chi connectivity index (χ1) is 15.2. The third-order valence-electron chi connectivity index (χ3n) is 6.41. The fraction of sp³-hybridized carbons (Fsp3) is 0.636. The summed E-state index contributed by atoms with van der Waals surface area (Å²) in [6.07, 6.45) is 5.22. The minimum Gasteiger partial charge on any atom is -0.490 e. The molecule has 176 valence electrons. The first kappa shape index (κ1) is 23.0. The third-order valence-corrected chi connectivity index (χ3v) is 7.93. The summed E-state index contributed by atoms with van der Waals surface area (Å²) in [5.41, 5.74) is 0.0418. The summed E-state index contributed by atoms with van der Waals surface area (Å²) in [6.45, 7) is 2.57. The summed E-state index contributed by atoms with van der Waals surface area (Å²) in [6, 6.07) is 3.70. The molecule has 32 heavy (non-hydrogen) atoms. The number of halogens is 1. The van der Waals surface area contributed by atoms with Gasteiger partial charge in [-0.1, -0.05) is 12.5 Å². The van der Waals surface area contributed by atoms with E-state index >= 15 is 0 Å². The molecule has 1 aliphatic heterocycles. The van der Waals surface area contributed by atoms with Crippen molar-refractivity contribution in [2.45, 2.75) is 63.5 Å². The summed E-state index contributed by atoms with van der Waals surface area (Å²) in [5.74, 6) is -0.0931. The number of ether oxygens (including phenoxy) is 1. The first-order valence-electron chi connectivity index (χ1n) is 11.3. The predicted molar refractivity (Wildman–Crippen MR) is 116 cm³/mol. The van der Waals surface area contributed by atoms with Gasteiger partial charge in [0.05, 0.1) is 17.9 Å². The summed E-state index contributed by atoms with van der Waals surface area (Å²) in [4.78, 5) is 24.6. The van der Waals surface area contributed by atoms with Crippen molar-refractivity contribution in [3.8, 4) is 5.75 Å². The van der Waals surface area contributed by atoms with Gasteiger partial charge in [-0.15, -0.1) is 0 Å². The molecule has 0 aromatic heterocycles. The lowest BCUT2D eigenvalue weighted by molar-refractivity contribution is -0.121. The number of imide groups is 1. The van der Waals surface area contributed by atoms with Gasteiger partial charge in [-0.25, -0.2) is 22.3 Å². The number of benzene rings is 1. The first-order valence-corrected chi connectivity index (χ1v) is 12.9. The molecule has 1 aromatic rings. The van der Waals surface area contributed by atoms with Crippen LogP contribution in [0.3, 0.4) is 0 Å². The average molecular weight is 468 g/mol. The Morgan fingerprint density at radius 1 is 1.22 bits per heavy atom. The highest BCUT2D eigenvalue weighted by atomic mass is 32.2. The standard InChI is InChI=1S/C22H30FN3O5S/c1-15-20(27)24-21(28)26(15)11-3-2-4-12-32(29,30)25-22(9-10-22)17-7-8-18(23)19(13-17)31-14-16-5-6-16/h7-8,13,15-16,25H,2-6,9-12,14H2,1H3,(H,24,27,28). The number of carbonyl (C=O) groups excluding carboxylic acids is 2. The van der Waals surface area contributed by atoms with Crippen molar-refractivity contribution in [1.29, 1.82) is 0 Å². The van der Waals surface area contributed by atoms with Gasteiger partial charge in [-0.2, -0.15) is 0 Å². The van der Waals surface area contributed by atoms with Crippen molar-refractivity contribution in [3.63, 3.8) is 0 Å². The number of hydrogen-bond donors (Lipinski definition) is 2. The molecular formula is C22H30FN3O5S. The van der Waals surface area contributed by atoms with Crippen LogP contribution in [0.25, 0.3) is 0 Å². The molecule has 0 radical (unpaired) electrons. The molecule has 1 heterocycles. The van der Waals surface area contributed by atoms with E-state index in [1.807, 2.05) is 0 Å². The molecule has 1 unspecified atom stereocenters. The molecule has 4 rings (SSSR count). The van der Waals surface area contributed by atoms with Gasteiger partial charge in [0.25, 0.3) is 5.91 Å². The Morgan fingerprint density at radius 3 is 2.59 bits per heavy atom. The van der Waals surface area contributed by atoms with Crippen molar-refractivity contribution < 1.29 is 27.1 Å². The van der Waals surface area contributed by atoms with Gasteiger partial charge in [-0.05, 0) is 69.1 Å². The van der Waals surface area contributed by atoms with Crippen molar-refractivity contribution in [1.82, 2.24) is 14.9 Å². The van der Waals surface area contributed by atoms with Gasteiger partial charge in [0.1, 0.15) is 6.04 Å². The molecule has 3 fully saturated rings. The molecular weight excluding hydrogens is 437 g/mol. The van der Waals surface area contributed by atoms with Crippen LogP contribution in [0.4, 0.5) is 9.18 Å². The fourth-order valence-electron chi connectivity index (χ4n) is 3.97. The molecule has 0 spiro atoms. The van der Waals surface area contributed by atoms with E-state index in [2.05, 4.69) is 10.0 Å². The zero-order chi connectivity index (χ0) is 22.9. The van der Waals surface area contributed by atoms with E-state index in [0.29, 0.717) is 51.2 Å². The number of sulfonamides is 1. The van der Waals surface area contributed by atoms with E-state index in [4.69, 9.17) is 4.74 Å². The monoisotopic (exact) mass is 467 g/mol. The van der Waals surface area contributed by atoms with Crippen LogP contribution in [-0.2, 0) is 20.4 Å². The van der Waals surface area contributed by atoms with Crippen LogP contribution in [0, 0.1) is 11.7 Å². The smallest absolute Gasteiger partial charge is 0.324 e. The van der Waals surface area contributed by atoms with Crippen molar-refractivity contribution in [2.24, 2.45) is 5.92 Å². The lowest BCUT2D eigenvalue weighted by atomic mass is 10.1. The van der Waals surface area contributed by atoms with Gasteiger partial charge in [-0.3, -0.25) is 10.1 Å². The molecule has 0 bridgehead atoms. The van der Waals surface area contributed by atoms with Gasteiger partial charge in [0.15, 0.2) is 11.6 Å². The maximum atomic E-state index is 14.1. The largest absolute Gasteiger partial charge is 0.490 e. The molecule has 3 amide bonds. The van der Waals surface area contributed by atoms with Crippen LogP contribution in [0.2, 0.25) is 0 Å². The fourth-order valence-corrected chi connectivity index (χ4v) is 5.58. The Labute approximate surface area is 187 Å². The quantitative estimate of drug-likeness (QED) is 0.363. The van der Waals surface area contributed by atoms with Crippen LogP contribution in [0.1, 0.15) is 57.4 Å². The Morgan fingerprint density at radius 2 is 1.97 bits per heavy atom. The Kier molecular flexibility index (Phi) is 6.44. The van der Waals surface area contributed by atoms with Gasteiger partial charge in [0.2, 0.25) is 10.0 Å². The van der Waals surface area contributed by atoms with E-state index in [0.717, 1.165) is 18.4 Å². The van der Waals surface area contributed by atoms with Crippen molar-refractivity contribution in [3.05, 3.63) is 29.6 Å². The van der Waals surface area contributed by atoms with Crippen LogP contribution in [0.5, 0.6) is 5.75 Å². The minimum absolute atomic E-state index is 0.0261.